The average Bonchev–Trinajstić information content (AvgIpc) is 3.12. The van der Waals surface area contributed by atoms with Crippen LogP contribution in [-0.2, 0) is 4.79 Å². The number of rotatable bonds is 4. The second-order valence-electron chi connectivity index (χ2n) is 6.07. The van der Waals surface area contributed by atoms with Crippen molar-refractivity contribution in [2.45, 2.75) is 0 Å². The van der Waals surface area contributed by atoms with Gasteiger partial charge in [0.15, 0.2) is 6.61 Å². The summed E-state index contributed by atoms with van der Waals surface area (Å²) in [5.74, 6) is -0.0478. The highest BCUT2D eigenvalue weighted by atomic mass is 16.5. The van der Waals surface area contributed by atoms with E-state index in [9.17, 15) is 14.4 Å². The molecule has 1 aromatic heterocycles. The lowest BCUT2D eigenvalue weighted by Gasteiger charge is -2.13. The predicted molar refractivity (Wildman–Crippen MR) is 98.5 cm³/mol. The van der Waals surface area contributed by atoms with E-state index in [1.54, 1.807) is 18.2 Å². The van der Waals surface area contributed by atoms with E-state index in [2.05, 4.69) is 5.32 Å². The topological polar surface area (TPSA) is 88.8 Å². The van der Waals surface area contributed by atoms with E-state index in [4.69, 9.17) is 9.15 Å². The number of carbonyl (C=O) groups excluding carboxylic acids is 2. The van der Waals surface area contributed by atoms with E-state index >= 15 is 0 Å². The van der Waals surface area contributed by atoms with Gasteiger partial charge in [-0.15, -0.1) is 0 Å². The molecule has 3 amide bonds. The van der Waals surface area contributed by atoms with E-state index in [1.165, 1.54) is 6.07 Å². The lowest BCUT2D eigenvalue weighted by Crippen LogP contribution is -2.37. The number of amides is 3. The molecule has 0 bridgehead atoms. The normalized spacial score (nSPS) is 13.6. The van der Waals surface area contributed by atoms with Gasteiger partial charge in [0, 0.05) is 30.6 Å². The summed E-state index contributed by atoms with van der Waals surface area (Å²) in [6.07, 6.45) is 0. The molecule has 3 aromatic rings. The Morgan fingerprint density at radius 2 is 1.93 bits per heavy atom. The highest BCUT2D eigenvalue weighted by Gasteiger charge is 2.26. The van der Waals surface area contributed by atoms with Crippen LogP contribution in [0.2, 0.25) is 0 Å². The van der Waals surface area contributed by atoms with Crippen LogP contribution in [-0.4, -0.2) is 36.5 Å². The summed E-state index contributed by atoms with van der Waals surface area (Å²) >= 11 is 0. The number of ether oxygens (including phenoxy) is 1. The van der Waals surface area contributed by atoms with Crippen LogP contribution in [0.25, 0.3) is 22.1 Å². The quantitative estimate of drug-likeness (QED) is 0.718. The molecule has 0 atom stereocenters. The molecule has 2 aromatic carbocycles. The van der Waals surface area contributed by atoms with Crippen molar-refractivity contribution < 1.29 is 18.7 Å². The molecule has 0 radical (unpaired) electrons. The summed E-state index contributed by atoms with van der Waals surface area (Å²) in [5, 5.41) is 3.32. The van der Waals surface area contributed by atoms with Gasteiger partial charge in [-0.25, -0.2) is 9.59 Å². The molecule has 1 N–H and O–H groups in total. The van der Waals surface area contributed by atoms with Gasteiger partial charge in [-0.2, -0.15) is 0 Å². The minimum atomic E-state index is -0.469. The first-order valence-electron chi connectivity index (χ1n) is 8.46. The molecule has 1 aliphatic heterocycles. The van der Waals surface area contributed by atoms with Crippen LogP contribution < -0.4 is 15.7 Å². The fraction of sp³-hybridized carbons (Fsp3) is 0.150. The van der Waals surface area contributed by atoms with Crippen LogP contribution >= 0.6 is 0 Å². The lowest BCUT2D eigenvalue weighted by atomic mass is 10.0. The van der Waals surface area contributed by atoms with E-state index in [0.717, 1.165) is 21.4 Å². The highest BCUT2D eigenvalue weighted by Crippen LogP contribution is 2.29. The van der Waals surface area contributed by atoms with E-state index in [-0.39, 0.29) is 6.61 Å². The average molecular weight is 364 g/mol. The highest BCUT2D eigenvalue weighted by molar-refractivity contribution is 5.96. The number of hydrogen-bond donors (Lipinski definition) is 1. The molecular formula is C20H16N2O5. The molecule has 0 aliphatic carbocycles. The third kappa shape index (κ3) is 3.39. The molecule has 1 fully saturated rings. The Labute approximate surface area is 154 Å². The minimum absolute atomic E-state index is 0.276. The van der Waals surface area contributed by atoms with Gasteiger partial charge in [0.2, 0.25) is 0 Å². The molecule has 2 heterocycles. The number of nitrogens with one attached hydrogen (secondary N) is 1. The largest absolute Gasteiger partial charge is 0.484 e. The maximum Gasteiger partial charge on any atom is 0.336 e. The summed E-state index contributed by atoms with van der Waals surface area (Å²) in [7, 11) is 0. The molecule has 0 saturated carbocycles. The van der Waals surface area contributed by atoms with Crippen LogP contribution in [0.5, 0.6) is 5.75 Å². The molecule has 7 nitrogen and oxygen atoms in total. The summed E-state index contributed by atoms with van der Waals surface area (Å²) in [6, 6.07) is 15.6. The summed E-state index contributed by atoms with van der Waals surface area (Å²) in [5.41, 5.74) is 1.56. The molecule has 136 valence electrons. The number of imide groups is 1. The van der Waals surface area contributed by atoms with Crippen molar-refractivity contribution in [1.29, 1.82) is 0 Å². The SMILES string of the molecule is O=C(COc1ccc2c(-c3ccccc3)cc(=O)oc2c1)N1CCNC1=O. The number of hydrogen-bond acceptors (Lipinski definition) is 5. The Morgan fingerprint density at radius 3 is 2.67 bits per heavy atom. The molecular weight excluding hydrogens is 348 g/mol. The summed E-state index contributed by atoms with van der Waals surface area (Å²) in [6.45, 7) is 0.490. The molecule has 7 heteroatoms. The van der Waals surface area contributed by atoms with Crippen molar-refractivity contribution in [2.24, 2.45) is 0 Å². The second kappa shape index (κ2) is 6.95. The van der Waals surface area contributed by atoms with Crippen LogP contribution in [0.15, 0.2) is 63.8 Å². The van der Waals surface area contributed by atoms with E-state index < -0.39 is 17.6 Å². The standard InChI is InChI=1S/C20H16N2O5/c23-18(22-9-8-21-20(22)25)12-26-14-6-7-15-16(13-4-2-1-3-5-13)11-19(24)27-17(15)10-14/h1-7,10-11H,8-9,12H2,(H,21,25). The fourth-order valence-electron chi connectivity index (χ4n) is 3.02. The van der Waals surface area contributed by atoms with Crippen molar-refractivity contribution in [3.63, 3.8) is 0 Å². The fourth-order valence-corrected chi connectivity index (χ4v) is 3.02. The first-order valence-corrected chi connectivity index (χ1v) is 8.46. The smallest absolute Gasteiger partial charge is 0.336 e. The first kappa shape index (κ1) is 16.8. The van der Waals surface area contributed by atoms with E-state index in [1.807, 2.05) is 30.3 Å². The molecule has 27 heavy (non-hydrogen) atoms. The van der Waals surface area contributed by atoms with Crippen molar-refractivity contribution >= 4 is 22.9 Å². The lowest BCUT2D eigenvalue weighted by molar-refractivity contribution is -0.129. The molecule has 0 unspecified atom stereocenters. The Morgan fingerprint density at radius 1 is 1.11 bits per heavy atom. The second-order valence-corrected chi connectivity index (χ2v) is 6.07. The van der Waals surface area contributed by atoms with Crippen molar-refractivity contribution in [3.8, 4) is 16.9 Å². The van der Waals surface area contributed by atoms with Gasteiger partial charge in [0.05, 0.1) is 0 Å². The van der Waals surface area contributed by atoms with Crippen molar-refractivity contribution in [2.75, 3.05) is 19.7 Å². The van der Waals surface area contributed by atoms with Gasteiger partial charge >= 0.3 is 11.7 Å². The van der Waals surface area contributed by atoms with Gasteiger partial charge in [-0.05, 0) is 23.3 Å². The summed E-state index contributed by atoms with van der Waals surface area (Å²) < 4.78 is 10.8. The zero-order valence-electron chi connectivity index (χ0n) is 14.3. The molecule has 1 aliphatic rings. The number of urea groups is 1. The Hall–Kier alpha value is -3.61. The van der Waals surface area contributed by atoms with Gasteiger partial charge in [0.1, 0.15) is 11.3 Å². The van der Waals surface area contributed by atoms with Crippen LogP contribution in [0, 0.1) is 0 Å². The number of fused-ring (bicyclic) bond motifs is 1. The first-order chi connectivity index (χ1) is 13.1. The Balaban J connectivity index is 1.60. The monoisotopic (exact) mass is 364 g/mol. The maximum absolute atomic E-state index is 12.1. The van der Waals surface area contributed by atoms with Crippen LogP contribution in [0.3, 0.4) is 0 Å². The van der Waals surface area contributed by atoms with Gasteiger partial charge < -0.3 is 14.5 Å². The van der Waals surface area contributed by atoms with Gasteiger partial charge in [0.25, 0.3) is 5.91 Å². The molecule has 0 spiro atoms. The summed E-state index contributed by atoms with van der Waals surface area (Å²) in [4.78, 5) is 36.6. The zero-order valence-corrected chi connectivity index (χ0v) is 14.3. The Bertz CT molecular complexity index is 1070. The van der Waals surface area contributed by atoms with Gasteiger partial charge in [-0.3, -0.25) is 9.69 Å². The number of carbonyl (C=O) groups is 2. The Kier molecular flexibility index (Phi) is 4.33. The zero-order chi connectivity index (χ0) is 18.8. The van der Waals surface area contributed by atoms with Crippen molar-refractivity contribution in [1.82, 2.24) is 10.2 Å². The minimum Gasteiger partial charge on any atom is -0.484 e. The van der Waals surface area contributed by atoms with Crippen molar-refractivity contribution in [3.05, 3.63) is 65.0 Å². The molecule has 4 rings (SSSR count). The van der Waals surface area contributed by atoms with Gasteiger partial charge in [-0.1, -0.05) is 30.3 Å². The number of nitrogens with zero attached hydrogens (tertiary/aromatic N) is 1. The third-order valence-corrected chi connectivity index (χ3v) is 4.32. The van der Waals surface area contributed by atoms with Crippen LogP contribution in [0.1, 0.15) is 0 Å². The van der Waals surface area contributed by atoms with E-state index in [0.29, 0.717) is 24.4 Å². The van der Waals surface area contributed by atoms with Crippen LogP contribution in [0.4, 0.5) is 4.79 Å². The maximum atomic E-state index is 12.1. The number of benzene rings is 2. The third-order valence-electron chi connectivity index (χ3n) is 4.32. The predicted octanol–water partition coefficient (Wildman–Crippen LogP) is 2.39. The molecule has 1 saturated heterocycles.